The number of ether oxygens (including phenoxy) is 1. The Kier molecular flexibility index (Phi) is 2.72. The number of ketones is 1. The summed E-state index contributed by atoms with van der Waals surface area (Å²) in [6, 6.07) is 0. The standard InChI is InChI=1S/C18H28O2/c1-11-10-14-16(17(14,2)3)13-9-8-12(19)6-4-5-7-15-18(11,13)20-15/h11,13-16H,4-10H2,1-3H3/t11-,13-,14+,15-,16-,18+/m0/s1. The molecule has 0 aromatic carbocycles. The van der Waals surface area contributed by atoms with E-state index < -0.39 is 0 Å². The van der Waals surface area contributed by atoms with Crippen LogP contribution < -0.4 is 0 Å². The van der Waals surface area contributed by atoms with Gasteiger partial charge in [-0.05, 0) is 54.8 Å². The van der Waals surface area contributed by atoms with Crippen LogP contribution in [0.3, 0.4) is 0 Å². The zero-order chi connectivity index (χ0) is 14.1. The maximum Gasteiger partial charge on any atom is 0.132 e. The van der Waals surface area contributed by atoms with E-state index in [1.165, 1.54) is 19.3 Å². The number of fused-ring (bicyclic) bond motifs is 2. The van der Waals surface area contributed by atoms with Crippen LogP contribution in [0.25, 0.3) is 0 Å². The minimum Gasteiger partial charge on any atom is -0.365 e. The van der Waals surface area contributed by atoms with Crippen molar-refractivity contribution in [1.82, 2.24) is 0 Å². The first kappa shape index (κ1) is 13.3. The molecule has 112 valence electrons. The van der Waals surface area contributed by atoms with Crippen molar-refractivity contribution >= 4 is 5.78 Å². The lowest BCUT2D eigenvalue weighted by atomic mass is 9.67. The fourth-order valence-electron chi connectivity index (χ4n) is 6.00. The highest BCUT2D eigenvalue weighted by molar-refractivity contribution is 5.78. The lowest BCUT2D eigenvalue weighted by molar-refractivity contribution is -0.119. The second-order valence-electron chi connectivity index (χ2n) is 8.48. The van der Waals surface area contributed by atoms with E-state index in [2.05, 4.69) is 20.8 Å². The average Bonchev–Trinajstić information content (AvgIpc) is 3.23. The molecule has 4 aliphatic rings. The Hall–Kier alpha value is -0.370. The first-order chi connectivity index (χ1) is 9.48. The quantitative estimate of drug-likeness (QED) is 0.626. The van der Waals surface area contributed by atoms with Crippen molar-refractivity contribution in [2.75, 3.05) is 0 Å². The Morgan fingerprint density at radius 2 is 1.90 bits per heavy atom. The Morgan fingerprint density at radius 3 is 2.70 bits per heavy atom. The molecule has 0 aromatic heterocycles. The van der Waals surface area contributed by atoms with E-state index >= 15 is 0 Å². The molecule has 2 nitrogen and oxygen atoms in total. The molecular formula is C18H28O2. The van der Waals surface area contributed by atoms with Gasteiger partial charge in [0.2, 0.25) is 0 Å². The van der Waals surface area contributed by atoms with E-state index in [9.17, 15) is 4.79 Å². The lowest BCUT2D eigenvalue weighted by Crippen LogP contribution is -2.40. The first-order valence-electron chi connectivity index (χ1n) is 8.67. The second-order valence-corrected chi connectivity index (χ2v) is 8.48. The second kappa shape index (κ2) is 4.09. The number of carbonyl (C=O) groups is 1. The molecule has 0 radical (unpaired) electrons. The zero-order valence-corrected chi connectivity index (χ0v) is 13.2. The van der Waals surface area contributed by atoms with Gasteiger partial charge in [-0.2, -0.15) is 0 Å². The molecule has 1 heterocycles. The van der Waals surface area contributed by atoms with Crippen molar-refractivity contribution in [2.24, 2.45) is 29.1 Å². The van der Waals surface area contributed by atoms with Crippen LogP contribution in [0, 0.1) is 29.1 Å². The summed E-state index contributed by atoms with van der Waals surface area (Å²) in [5, 5.41) is 0. The highest BCUT2D eigenvalue weighted by Crippen LogP contribution is 2.75. The summed E-state index contributed by atoms with van der Waals surface area (Å²) in [7, 11) is 0. The van der Waals surface area contributed by atoms with Crippen LogP contribution in [-0.4, -0.2) is 17.5 Å². The summed E-state index contributed by atoms with van der Waals surface area (Å²) in [4.78, 5) is 12.0. The third-order valence-corrected chi connectivity index (χ3v) is 7.23. The fourth-order valence-corrected chi connectivity index (χ4v) is 6.00. The third kappa shape index (κ3) is 1.63. The van der Waals surface area contributed by atoms with Crippen LogP contribution in [0.4, 0.5) is 0 Å². The molecule has 0 N–H and O–H groups in total. The molecule has 2 heteroatoms. The molecule has 0 bridgehead atoms. The van der Waals surface area contributed by atoms with Gasteiger partial charge in [-0.1, -0.05) is 27.2 Å². The maximum absolute atomic E-state index is 12.0. The topological polar surface area (TPSA) is 29.6 Å². The first-order valence-corrected chi connectivity index (χ1v) is 8.67. The van der Waals surface area contributed by atoms with Crippen LogP contribution in [0.2, 0.25) is 0 Å². The molecule has 3 saturated carbocycles. The molecule has 1 spiro atoms. The summed E-state index contributed by atoms with van der Waals surface area (Å²) >= 11 is 0. The zero-order valence-electron chi connectivity index (χ0n) is 13.2. The Morgan fingerprint density at radius 1 is 1.10 bits per heavy atom. The van der Waals surface area contributed by atoms with Crippen molar-refractivity contribution in [3.05, 3.63) is 0 Å². The maximum atomic E-state index is 12.0. The molecule has 20 heavy (non-hydrogen) atoms. The fraction of sp³-hybridized carbons (Fsp3) is 0.944. The van der Waals surface area contributed by atoms with Gasteiger partial charge in [0.25, 0.3) is 0 Å². The Balaban J connectivity index is 1.63. The van der Waals surface area contributed by atoms with Crippen molar-refractivity contribution < 1.29 is 9.53 Å². The Labute approximate surface area is 122 Å². The average molecular weight is 276 g/mol. The van der Waals surface area contributed by atoms with Gasteiger partial charge < -0.3 is 4.74 Å². The van der Waals surface area contributed by atoms with Gasteiger partial charge in [-0.15, -0.1) is 0 Å². The molecule has 0 unspecified atom stereocenters. The van der Waals surface area contributed by atoms with E-state index in [0.29, 0.717) is 29.1 Å². The predicted molar refractivity (Wildman–Crippen MR) is 78.3 cm³/mol. The van der Waals surface area contributed by atoms with Crippen molar-refractivity contribution in [3.63, 3.8) is 0 Å². The monoisotopic (exact) mass is 276 g/mol. The van der Waals surface area contributed by atoms with E-state index in [4.69, 9.17) is 4.74 Å². The smallest absolute Gasteiger partial charge is 0.132 e. The van der Waals surface area contributed by atoms with E-state index in [0.717, 1.165) is 37.5 Å². The predicted octanol–water partition coefficient (Wildman–Crippen LogP) is 3.98. The molecule has 1 saturated heterocycles. The van der Waals surface area contributed by atoms with Crippen molar-refractivity contribution in [2.45, 2.75) is 77.4 Å². The van der Waals surface area contributed by atoms with Crippen LogP contribution >= 0.6 is 0 Å². The normalized spacial score (nSPS) is 53.4. The van der Waals surface area contributed by atoms with Crippen molar-refractivity contribution in [3.8, 4) is 0 Å². The summed E-state index contributed by atoms with van der Waals surface area (Å²) in [5.74, 6) is 3.53. The molecule has 3 aliphatic carbocycles. The lowest BCUT2D eigenvalue weighted by Gasteiger charge is -2.35. The van der Waals surface area contributed by atoms with Gasteiger partial charge in [0.1, 0.15) is 11.4 Å². The van der Waals surface area contributed by atoms with Crippen LogP contribution in [0.5, 0.6) is 0 Å². The van der Waals surface area contributed by atoms with Crippen LogP contribution in [0.15, 0.2) is 0 Å². The third-order valence-electron chi connectivity index (χ3n) is 7.23. The number of epoxide rings is 1. The van der Waals surface area contributed by atoms with Crippen molar-refractivity contribution in [1.29, 1.82) is 0 Å². The molecular weight excluding hydrogens is 248 g/mol. The molecule has 1 aliphatic heterocycles. The largest absolute Gasteiger partial charge is 0.365 e. The number of carbonyl (C=O) groups excluding carboxylic acids is 1. The van der Waals surface area contributed by atoms with Gasteiger partial charge >= 0.3 is 0 Å². The number of rotatable bonds is 0. The van der Waals surface area contributed by atoms with Gasteiger partial charge in [0.05, 0.1) is 6.10 Å². The summed E-state index contributed by atoms with van der Waals surface area (Å²) in [6.45, 7) is 7.28. The van der Waals surface area contributed by atoms with E-state index in [-0.39, 0.29) is 5.60 Å². The molecule has 6 atom stereocenters. The molecule has 0 aromatic rings. The van der Waals surface area contributed by atoms with Gasteiger partial charge in [-0.25, -0.2) is 0 Å². The molecule has 4 rings (SSSR count). The Bertz CT molecular complexity index is 441. The number of Topliss-reactive ketones (excluding diaryl/α,β-unsaturated/α-hetero) is 1. The molecule has 4 fully saturated rings. The van der Waals surface area contributed by atoms with Crippen LogP contribution in [-0.2, 0) is 9.53 Å². The number of hydrogen-bond donors (Lipinski definition) is 0. The van der Waals surface area contributed by atoms with E-state index in [1.54, 1.807) is 0 Å². The van der Waals surface area contributed by atoms with Crippen LogP contribution in [0.1, 0.15) is 65.7 Å². The summed E-state index contributed by atoms with van der Waals surface area (Å²) in [6.07, 6.45) is 7.98. The summed E-state index contributed by atoms with van der Waals surface area (Å²) < 4.78 is 6.37. The van der Waals surface area contributed by atoms with Gasteiger partial charge in [0.15, 0.2) is 0 Å². The summed E-state index contributed by atoms with van der Waals surface area (Å²) in [5.41, 5.74) is 0.651. The molecule has 0 amide bonds. The number of hydrogen-bond acceptors (Lipinski definition) is 2. The highest BCUT2D eigenvalue weighted by Gasteiger charge is 2.76. The minimum atomic E-state index is 0.159. The van der Waals surface area contributed by atoms with Gasteiger partial charge in [-0.3, -0.25) is 4.79 Å². The SMILES string of the molecule is C[C@H]1C[C@@H]2[C@H]([C@@H]3CCC(=O)CCCC[C@@H]4O[C@]413)C2(C)C. The van der Waals surface area contributed by atoms with E-state index in [1.807, 2.05) is 0 Å². The minimum absolute atomic E-state index is 0.159. The highest BCUT2D eigenvalue weighted by atomic mass is 16.6. The van der Waals surface area contributed by atoms with Gasteiger partial charge in [0, 0.05) is 12.8 Å².